The molecule has 5 nitrogen and oxygen atoms in total. The molecule has 0 saturated carbocycles. The monoisotopic (exact) mass is 238 g/mol. The second-order valence-electron chi connectivity index (χ2n) is 4.72. The number of nitrogens with zero attached hydrogens (tertiary/aromatic N) is 3. The van der Waals surface area contributed by atoms with Crippen molar-refractivity contribution in [3.63, 3.8) is 0 Å². The standard InChI is InChI=1S/C12H22N4O/c1-5-9-10(6-2)15-16-11(13-9)14-12(3,4)7-8-17/h17H,5-8H2,1-4H3,(H,13,14,16). The van der Waals surface area contributed by atoms with E-state index >= 15 is 0 Å². The van der Waals surface area contributed by atoms with Crippen molar-refractivity contribution >= 4 is 5.95 Å². The van der Waals surface area contributed by atoms with Gasteiger partial charge < -0.3 is 10.4 Å². The molecular weight excluding hydrogens is 216 g/mol. The molecule has 0 aromatic carbocycles. The lowest BCUT2D eigenvalue weighted by atomic mass is 10.0. The minimum Gasteiger partial charge on any atom is -0.396 e. The van der Waals surface area contributed by atoms with Gasteiger partial charge in [0.1, 0.15) is 0 Å². The molecule has 1 heterocycles. The summed E-state index contributed by atoms with van der Waals surface area (Å²) in [5, 5.41) is 20.4. The first-order chi connectivity index (χ1) is 8.02. The van der Waals surface area contributed by atoms with Crippen LogP contribution in [0.1, 0.15) is 45.5 Å². The fraction of sp³-hybridized carbons (Fsp3) is 0.750. The van der Waals surface area contributed by atoms with E-state index < -0.39 is 0 Å². The van der Waals surface area contributed by atoms with Crippen LogP contribution in [0.4, 0.5) is 5.95 Å². The molecule has 0 aliphatic rings. The highest BCUT2D eigenvalue weighted by molar-refractivity contribution is 5.29. The van der Waals surface area contributed by atoms with Gasteiger partial charge in [0.05, 0.1) is 11.4 Å². The first kappa shape index (κ1) is 13.8. The molecule has 2 N–H and O–H groups in total. The van der Waals surface area contributed by atoms with Crippen molar-refractivity contribution in [3.8, 4) is 0 Å². The van der Waals surface area contributed by atoms with E-state index in [1.807, 2.05) is 20.8 Å². The summed E-state index contributed by atoms with van der Waals surface area (Å²) in [6.07, 6.45) is 2.35. The van der Waals surface area contributed by atoms with E-state index in [0.29, 0.717) is 12.4 Å². The van der Waals surface area contributed by atoms with Crippen LogP contribution in [-0.2, 0) is 12.8 Å². The minimum atomic E-state index is -0.227. The van der Waals surface area contributed by atoms with Crippen LogP contribution in [0.25, 0.3) is 0 Å². The van der Waals surface area contributed by atoms with E-state index in [9.17, 15) is 0 Å². The lowest BCUT2D eigenvalue weighted by Crippen LogP contribution is -2.33. The molecule has 0 spiro atoms. The van der Waals surface area contributed by atoms with Crippen molar-refractivity contribution < 1.29 is 5.11 Å². The number of aromatic nitrogens is 3. The summed E-state index contributed by atoms with van der Waals surface area (Å²) in [6.45, 7) is 8.26. The molecule has 17 heavy (non-hydrogen) atoms. The first-order valence-electron chi connectivity index (χ1n) is 6.14. The number of anilines is 1. The molecule has 0 atom stereocenters. The summed E-state index contributed by atoms with van der Waals surface area (Å²) in [5.74, 6) is 0.539. The summed E-state index contributed by atoms with van der Waals surface area (Å²) in [5.41, 5.74) is 1.72. The van der Waals surface area contributed by atoms with Crippen LogP contribution in [0.5, 0.6) is 0 Å². The molecule has 0 fully saturated rings. The molecular formula is C12H22N4O. The van der Waals surface area contributed by atoms with Crippen molar-refractivity contribution in [1.29, 1.82) is 0 Å². The summed E-state index contributed by atoms with van der Waals surface area (Å²) in [7, 11) is 0. The van der Waals surface area contributed by atoms with E-state index in [1.165, 1.54) is 0 Å². The number of nitrogens with one attached hydrogen (secondary N) is 1. The maximum absolute atomic E-state index is 8.97. The Morgan fingerprint density at radius 3 is 2.29 bits per heavy atom. The Bertz CT molecular complexity index is 366. The fourth-order valence-corrected chi connectivity index (χ4v) is 1.64. The van der Waals surface area contributed by atoms with Gasteiger partial charge in [-0.15, -0.1) is 5.10 Å². The van der Waals surface area contributed by atoms with Gasteiger partial charge in [-0.05, 0) is 33.1 Å². The largest absolute Gasteiger partial charge is 0.396 e. The molecule has 0 bridgehead atoms. The Kier molecular flexibility index (Phi) is 4.81. The molecule has 0 aliphatic heterocycles. The normalized spacial score (nSPS) is 11.6. The number of rotatable bonds is 6. The van der Waals surface area contributed by atoms with Gasteiger partial charge >= 0.3 is 0 Å². The lowest BCUT2D eigenvalue weighted by molar-refractivity contribution is 0.260. The third-order valence-electron chi connectivity index (χ3n) is 2.70. The average Bonchev–Trinajstić information content (AvgIpc) is 2.28. The number of aliphatic hydroxyl groups excluding tert-OH is 1. The van der Waals surface area contributed by atoms with Gasteiger partial charge in [-0.3, -0.25) is 0 Å². The van der Waals surface area contributed by atoms with Crippen LogP contribution >= 0.6 is 0 Å². The first-order valence-corrected chi connectivity index (χ1v) is 6.14. The SMILES string of the molecule is CCc1nnc(NC(C)(C)CCO)nc1CC. The molecule has 5 heteroatoms. The van der Waals surface area contributed by atoms with E-state index in [4.69, 9.17) is 5.11 Å². The maximum atomic E-state index is 8.97. The Labute approximate surface area is 103 Å². The Balaban J connectivity index is 2.85. The van der Waals surface area contributed by atoms with Gasteiger partial charge in [0.15, 0.2) is 0 Å². The van der Waals surface area contributed by atoms with Gasteiger partial charge in [-0.1, -0.05) is 13.8 Å². The molecule has 0 radical (unpaired) electrons. The van der Waals surface area contributed by atoms with Crippen LogP contribution in [0.2, 0.25) is 0 Å². The van der Waals surface area contributed by atoms with E-state index in [1.54, 1.807) is 0 Å². The summed E-state index contributed by atoms with van der Waals surface area (Å²) in [4.78, 5) is 4.46. The number of aryl methyl sites for hydroxylation is 2. The minimum absolute atomic E-state index is 0.140. The van der Waals surface area contributed by atoms with Crippen molar-refractivity contribution in [2.45, 2.75) is 52.5 Å². The third-order valence-corrected chi connectivity index (χ3v) is 2.70. The number of hydrogen-bond donors (Lipinski definition) is 2. The second kappa shape index (κ2) is 5.91. The summed E-state index contributed by atoms with van der Waals surface area (Å²) < 4.78 is 0. The van der Waals surface area contributed by atoms with E-state index in [0.717, 1.165) is 24.2 Å². The quantitative estimate of drug-likeness (QED) is 0.787. The lowest BCUT2D eigenvalue weighted by Gasteiger charge is -2.25. The topological polar surface area (TPSA) is 70.9 Å². The molecule has 1 rings (SSSR count). The second-order valence-corrected chi connectivity index (χ2v) is 4.72. The zero-order valence-electron chi connectivity index (χ0n) is 11.1. The van der Waals surface area contributed by atoms with Crippen molar-refractivity contribution in [1.82, 2.24) is 15.2 Å². The maximum Gasteiger partial charge on any atom is 0.243 e. The molecule has 96 valence electrons. The highest BCUT2D eigenvalue weighted by Crippen LogP contribution is 2.15. The van der Waals surface area contributed by atoms with Gasteiger partial charge in [-0.25, -0.2) is 4.98 Å². The molecule has 1 aromatic rings. The summed E-state index contributed by atoms with van der Waals surface area (Å²) >= 11 is 0. The zero-order valence-corrected chi connectivity index (χ0v) is 11.1. The zero-order chi connectivity index (χ0) is 12.9. The third kappa shape index (κ3) is 3.93. The smallest absolute Gasteiger partial charge is 0.243 e. The Hall–Kier alpha value is -1.23. The van der Waals surface area contributed by atoms with E-state index in [2.05, 4.69) is 27.4 Å². The van der Waals surface area contributed by atoms with Crippen LogP contribution in [0.15, 0.2) is 0 Å². The van der Waals surface area contributed by atoms with Gasteiger partial charge in [0, 0.05) is 12.1 Å². The average molecular weight is 238 g/mol. The van der Waals surface area contributed by atoms with Gasteiger partial charge in [0.2, 0.25) is 5.95 Å². The fourth-order valence-electron chi connectivity index (χ4n) is 1.64. The van der Waals surface area contributed by atoms with Crippen molar-refractivity contribution in [2.75, 3.05) is 11.9 Å². The van der Waals surface area contributed by atoms with Crippen LogP contribution in [-0.4, -0.2) is 32.4 Å². The van der Waals surface area contributed by atoms with Crippen LogP contribution in [0, 0.1) is 0 Å². The summed E-state index contributed by atoms with van der Waals surface area (Å²) in [6, 6.07) is 0. The Morgan fingerprint density at radius 1 is 1.12 bits per heavy atom. The molecule has 0 amide bonds. The van der Waals surface area contributed by atoms with Gasteiger partial charge in [-0.2, -0.15) is 5.10 Å². The predicted octanol–water partition coefficient (Wildman–Crippen LogP) is 1.57. The Morgan fingerprint density at radius 2 is 1.76 bits per heavy atom. The number of aliphatic hydroxyl groups is 1. The van der Waals surface area contributed by atoms with Crippen LogP contribution in [0.3, 0.4) is 0 Å². The number of hydrogen-bond acceptors (Lipinski definition) is 5. The molecule has 0 saturated heterocycles. The van der Waals surface area contributed by atoms with E-state index in [-0.39, 0.29) is 12.1 Å². The molecule has 0 aliphatic carbocycles. The van der Waals surface area contributed by atoms with Gasteiger partial charge in [0.25, 0.3) is 0 Å². The highest BCUT2D eigenvalue weighted by Gasteiger charge is 2.18. The molecule has 0 unspecified atom stereocenters. The van der Waals surface area contributed by atoms with Crippen molar-refractivity contribution in [3.05, 3.63) is 11.4 Å². The molecule has 1 aromatic heterocycles. The van der Waals surface area contributed by atoms with Crippen LogP contribution < -0.4 is 5.32 Å². The van der Waals surface area contributed by atoms with Crippen molar-refractivity contribution in [2.24, 2.45) is 0 Å². The highest BCUT2D eigenvalue weighted by atomic mass is 16.3. The predicted molar refractivity (Wildman–Crippen MR) is 68.0 cm³/mol.